The third-order valence-corrected chi connectivity index (χ3v) is 3.84. The fraction of sp³-hybridized carbons (Fsp3) is 0.250. The Balaban J connectivity index is 2.63. The van der Waals surface area contributed by atoms with E-state index in [9.17, 15) is 8.78 Å². The van der Waals surface area contributed by atoms with Gasteiger partial charge < -0.3 is 10.5 Å². The SMILES string of the molecule is COc1cc(C)cc(C)c1C(N)c1c(F)cc(Br)cc1F. The van der Waals surface area contributed by atoms with Crippen LogP contribution in [-0.2, 0) is 0 Å². The molecule has 0 amide bonds. The van der Waals surface area contributed by atoms with Gasteiger partial charge in [0.25, 0.3) is 0 Å². The van der Waals surface area contributed by atoms with Gasteiger partial charge in [-0.25, -0.2) is 8.78 Å². The molecular weight excluding hydrogens is 340 g/mol. The highest BCUT2D eigenvalue weighted by molar-refractivity contribution is 9.10. The summed E-state index contributed by atoms with van der Waals surface area (Å²) in [6, 6.07) is 5.18. The lowest BCUT2D eigenvalue weighted by atomic mass is 9.93. The first-order valence-electron chi connectivity index (χ1n) is 6.40. The molecule has 2 aromatic rings. The monoisotopic (exact) mass is 355 g/mol. The molecule has 2 nitrogen and oxygen atoms in total. The molecule has 2 N–H and O–H groups in total. The lowest BCUT2D eigenvalue weighted by Gasteiger charge is -2.20. The van der Waals surface area contributed by atoms with Crippen molar-refractivity contribution in [1.29, 1.82) is 0 Å². The molecule has 0 radical (unpaired) electrons. The Hall–Kier alpha value is -1.46. The van der Waals surface area contributed by atoms with Crippen molar-refractivity contribution in [2.75, 3.05) is 7.11 Å². The van der Waals surface area contributed by atoms with Gasteiger partial charge in [0.1, 0.15) is 17.4 Å². The summed E-state index contributed by atoms with van der Waals surface area (Å²) in [6.07, 6.45) is 0. The zero-order valence-corrected chi connectivity index (χ0v) is 13.6. The molecule has 0 aliphatic heterocycles. The maximum Gasteiger partial charge on any atom is 0.132 e. The van der Waals surface area contributed by atoms with Gasteiger partial charge in [0.2, 0.25) is 0 Å². The van der Waals surface area contributed by atoms with E-state index in [0.29, 0.717) is 15.8 Å². The van der Waals surface area contributed by atoms with Gasteiger partial charge in [-0.1, -0.05) is 22.0 Å². The van der Waals surface area contributed by atoms with Gasteiger partial charge in [0.05, 0.1) is 13.2 Å². The van der Waals surface area contributed by atoms with Crippen LogP contribution < -0.4 is 10.5 Å². The minimum Gasteiger partial charge on any atom is -0.496 e. The Morgan fingerprint density at radius 2 is 1.62 bits per heavy atom. The quantitative estimate of drug-likeness (QED) is 0.885. The number of hydrogen-bond acceptors (Lipinski definition) is 2. The normalized spacial score (nSPS) is 12.3. The average Bonchev–Trinajstić information content (AvgIpc) is 2.35. The molecule has 0 bridgehead atoms. The summed E-state index contributed by atoms with van der Waals surface area (Å²) in [5.74, 6) is -0.838. The maximum absolute atomic E-state index is 14.1. The van der Waals surface area contributed by atoms with Crippen LogP contribution in [0.5, 0.6) is 5.75 Å². The number of rotatable bonds is 3. The Morgan fingerprint density at radius 1 is 1.05 bits per heavy atom. The van der Waals surface area contributed by atoms with Crippen LogP contribution in [0.2, 0.25) is 0 Å². The number of ether oxygens (including phenoxy) is 1. The van der Waals surface area contributed by atoms with Crippen LogP contribution >= 0.6 is 15.9 Å². The predicted molar refractivity (Wildman–Crippen MR) is 82.6 cm³/mol. The van der Waals surface area contributed by atoms with Crippen molar-refractivity contribution in [1.82, 2.24) is 0 Å². The average molecular weight is 356 g/mol. The minimum atomic E-state index is -0.936. The van der Waals surface area contributed by atoms with Crippen molar-refractivity contribution in [3.63, 3.8) is 0 Å². The van der Waals surface area contributed by atoms with E-state index < -0.39 is 17.7 Å². The van der Waals surface area contributed by atoms with Crippen LogP contribution in [0, 0.1) is 25.5 Å². The number of hydrogen-bond donors (Lipinski definition) is 1. The van der Waals surface area contributed by atoms with Crippen molar-refractivity contribution in [3.8, 4) is 5.75 Å². The molecular formula is C16H16BrF2NO. The fourth-order valence-electron chi connectivity index (χ4n) is 2.50. The lowest BCUT2D eigenvalue weighted by Crippen LogP contribution is -2.18. The largest absolute Gasteiger partial charge is 0.496 e. The molecule has 2 aromatic carbocycles. The van der Waals surface area contributed by atoms with Crippen LogP contribution in [-0.4, -0.2) is 7.11 Å². The van der Waals surface area contributed by atoms with Gasteiger partial charge in [-0.2, -0.15) is 0 Å². The van der Waals surface area contributed by atoms with E-state index in [2.05, 4.69) is 15.9 Å². The Morgan fingerprint density at radius 3 is 2.14 bits per heavy atom. The second kappa shape index (κ2) is 6.12. The molecule has 0 aromatic heterocycles. The molecule has 5 heteroatoms. The van der Waals surface area contributed by atoms with E-state index in [1.54, 1.807) is 6.07 Å². The number of nitrogens with two attached hydrogens (primary N) is 1. The molecule has 0 aliphatic carbocycles. The van der Waals surface area contributed by atoms with Gasteiger partial charge in [-0.3, -0.25) is 0 Å². The Labute approximate surface area is 131 Å². The van der Waals surface area contributed by atoms with E-state index in [0.717, 1.165) is 11.1 Å². The van der Waals surface area contributed by atoms with E-state index in [1.165, 1.54) is 19.2 Å². The Bertz CT molecular complexity index is 665. The highest BCUT2D eigenvalue weighted by Gasteiger charge is 2.23. The summed E-state index contributed by atoms with van der Waals surface area (Å²) in [4.78, 5) is 0. The second-order valence-electron chi connectivity index (χ2n) is 4.96. The lowest BCUT2D eigenvalue weighted by molar-refractivity contribution is 0.405. The highest BCUT2D eigenvalue weighted by Crippen LogP contribution is 2.35. The summed E-state index contributed by atoms with van der Waals surface area (Å²) < 4.78 is 33.9. The minimum absolute atomic E-state index is 0.163. The van der Waals surface area contributed by atoms with Gasteiger partial charge in [0, 0.05) is 15.6 Å². The summed E-state index contributed by atoms with van der Waals surface area (Å²) in [7, 11) is 1.51. The molecule has 0 heterocycles. The second-order valence-corrected chi connectivity index (χ2v) is 5.87. The van der Waals surface area contributed by atoms with Crippen molar-refractivity contribution >= 4 is 15.9 Å². The van der Waals surface area contributed by atoms with Gasteiger partial charge in [-0.05, 0) is 43.2 Å². The number of aryl methyl sites for hydroxylation is 2. The van der Waals surface area contributed by atoms with Crippen molar-refractivity contribution in [2.45, 2.75) is 19.9 Å². The van der Waals surface area contributed by atoms with Crippen molar-refractivity contribution in [3.05, 3.63) is 62.6 Å². The van der Waals surface area contributed by atoms with Crippen LogP contribution in [0.4, 0.5) is 8.78 Å². The first-order valence-corrected chi connectivity index (χ1v) is 7.19. The molecule has 1 atom stereocenters. The summed E-state index contributed by atoms with van der Waals surface area (Å²) in [5.41, 5.74) is 8.37. The predicted octanol–water partition coefficient (Wildman–Crippen LogP) is 4.40. The summed E-state index contributed by atoms with van der Waals surface area (Å²) in [5, 5.41) is 0. The van der Waals surface area contributed by atoms with Gasteiger partial charge in [-0.15, -0.1) is 0 Å². The number of halogens is 3. The van der Waals surface area contributed by atoms with E-state index in [4.69, 9.17) is 10.5 Å². The van der Waals surface area contributed by atoms with E-state index >= 15 is 0 Å². The maximum atomic E-state index is 14.1. The molecule has 2 rings (SSSR count). The molecule has 112 valence electrons. The van der Waals surface area contributed by atoms with Crippen molar-refractivity contribution in [2.24, 2.45) is 5.73 Å². The van der Waals surface area contributed by atoms with Gasteiger partial charge >= 0.3 is 0 Å². The van der Waals surface area contributed by atoms with Crippen LogP contribution in [0.3, 0.4) is 0 Å². The molecule has 21 heavy (non-hydrogen) atoms. The fourth-order valence-corrected chi connectivity index (χ4v) is 2.90. The molecule has 0 aliphatic rings. The number of benzene rings is 2. The first-order chi connectivity index (χ1) is 9.85. The van der Waals surface area contributed by atoms with E-state index in [1.807, 2.05) is 19.9 Å². The van der Waals surface area contributed by atoms with Crippen molar-refractivity contribution < 1.29 is 13.5 Å². The van der Waals surface area contributed by atoms with E-state index in [-0.39, 0.29) is 5.56 Å². The molecule has 0 spiro atoms. The molecule has 0 fully saturated rings. The zero-order chi connectivity index (χ0) is 15.7. The van der Waals surface area contributed by atoms with Crippen LogP contribution in [0.15, 0.2) is 28.7 Å². The topological polar surface area (TPSA) is 35.2 Å². The number of methoxy groups -OCH3 is 1. The third-order valence-electron chi connectivity index (χ3n) is 3.38. The van der Waals surface area contributed by atoms with Crippen LogP contribution in [0.25, 0.3) is 0 Å². The van der Waals surface area contributed by atoms with Crippen LogP contribution in [0.1, 0.15) is 28.3 Å². The standard InChI is InChI=1S/C16H16BrF2NO/c1-8-4-9(2)14(13(5-8)21-3)16(20)15-11(18)6-10(17)7-12(15)19/h4-7,16H,20H2,1-3H3. The van der Waals surface area contributed by atoms with Gasteiger partial charge in [0.15, 0.2) is 0 Å². The summed E-state index contributed by atoms with van der Waals surface area (Å²) >= 11 is 3.06. The molecule has 1 unspecified atom stereocenters. The first kappa shape index (κ1) is 15.9. The molecule has 0 saturated carbocycles. The third kappa shape index (κ3) is 3.09. The zero-order valence-electron chi connectivity index (χ0n) is 12.0. The summed E-state index contributed by atoms with van der Waals surface area (Å²) in [6.45, 7) is 3.77. The highest BCUT2D eigenvalue weighted by atomic mass is 79.9. The molecule has 0 saturated heterocycles. The Kier molecular flexibility index (Phi) is 4.64. The smallest absolute Gasteiger partial charge is 0.132 e.